The highest BCUT2D eigenvalue weighted by atomic mass is 35.5. The van der Waals surface area contributed by atoms with Crippen LogP contribution in [0.5, 0.6) is 0 Å². The number of hydrogen-bond acceptors (Lipinski definition) is 2. The van der Waals surface area contributed by atoms with Gasteiger partial charge in [0.05, 0.1) is 5.52 Å². The van der Waals surface area contributed by atoms with Gasteiger partial charge < -0.3 is 9.88 Å². The highest BCUT2D eigenvalue weighted by Gasteiger charge is 2.25. The van der Waals surface area contributed by atoms with Gasteiger partial charge in [0.2, 0.25) is 5.95 Å². The summed E-state index contributed by atoms with van der Waals surface area (Å²) in [5, 5.41) is 4.37. The first-order valence-corrected chi connectivity index (χ1v) is 7.66. The number of halogens is 2. The van der Waals surface area contributed by atoms with E-state index in [1.54, 1.807) is 6.07 Å². The molecule has 0 saturated heterocycles. The van der Waals surface area contributed by atoms with Gasteiger partial charge in [-0.2, -0.15) is 4.39 Å². The van der Waals surface area contributed by atoms with Crippen LogP contribution in [0, 0.1) is 12.9 Å². The fraction of sp³-hybridized carbons (Fsp3) is 0.176. The Morgan fingerprint density at radius 3 is 2.91 bits per heavy atom. The molecule has 0 radical (unpaired) electrons. The van der Waals surface area contributed by atoms with Crippen LogP contribution in [-0.4, -0.2) is 22.0 Å². The Morgan fingerprint density at radius 1 is 1.35 bits per heavy atom. The molecule has 1 aromatic carbocycles. The molecule has 23 heavy (non-hydrogen) atoms. The van der Waals surface area contributed by atoms with Gasteiger partial charge in [0.15, 0.2) is 0 Å². The molecule has 1 aliphatic rings. The number of carbonyl (C=O) groups is 1. The SMILES string of the molecule is Cc1c2n(c3c(-c4ccc(F)nc4)cc(Cl)cc13)CCNC2=O. The van der Waals surface area contributed by atoms with Crippen molar-refractivity contribution in [2.45, 2.75) is 13.5 Å². The number of pyridine rings is 1. The third-order valence-electron chi connectivity index (χ3n) is 4.25. The maximum absolute atomic E-state index is 13.1. The van der Waals surface area contributed by atoms with Gasteiger partial charge in [0.25, 0.3) is 5.91 Å². The second kappa shape index (κ2) is 5.06. The van der Waals surface area contributed by atoms with Crippen LogP contribution in [0.4, 0.5) is 4.39 Å². The van der Waals surface area contributed by atoms with Crippen LogP contribution in [0.1, 0.15) is 16.1 Å². The van der Waals surface area contributed by atoms with Crippen LogP contribution < -0.4 is 5.32 Å². The fourth-order valence-electron chi connectivity index (χ4n) is 3.25. The van der Waals surface area contributed by atoms with E-state index in [-0.39, 0.29) is 5.91 Å². The third kappa shape index (κ3) is 2.11. The number of benzene rings is 1. The highest BCUT2D eigenvalue weighted by molar-refractivity contribution is 6.32. The zero-order chi connectivity index (χ0) is 16.1. The van der Waals surface area contributed by atoms with E-state index in [1.165, 1.54) is 12.3 Å². The summed E-state index contributed by atoms with van der Waals surface area (Å²) >= 11 is 6.27. The Balaban J connectivity index is 2.10. The molecule has 0 spiro atoms. The van der Waals surface area contributed by atoms with E-state index in [1.807, 2.05) is 23.6 Å². The van der Waals surface area contributed by atoms with Crippen molar-refractivity contribution < 1.29 is 9.18 Å². The summed E-state index contributed by atoms with van der Waals surface area (Å²) in [7, 11) is 0. The molecule has 4 nitrogen and oxygen atoms in total. The smallest absolute Gasteiger partial charge is 0.268 e. The van der Waals surface area contributed by atoms with E-state index in [4.69, 9.17) is 11.6 Å². The Hall–Kier alpha value is -2.40. The molecular weight excluding hydrogens is 317 g/mol. The summed E-state index contributed by atoms with van der Waals surface area (Å²) in [6.45, 7) is 3.19. The average Bonchev–Trinajstić information content (AvgIpc) is 2.82. The van der Waals surface area contributed by atoms with Gasteiger partial charge in [0, 0.05) is 40.8 Å². The summed E-state index contributed by atoms with van der Waals surface area (Å²) in [6, 6.07) is 6.69. The van der Waals surface area contributed by atoms with E-state index >= 15 is 0 Å². The van der Waals surface area contributed by atoms with E-state index in [0.29, 0.717) is 23.8 Å². The van der Waals surface area contributed by atoms with Crippen molar-refractivity contribution in [2.24, 2.45) is 0 Å². The maximum Gasteiger partial charge on any atom is 0.268 e. The molecule has 0 saturated carbocycles. The van der Waals surface area contributed by atoms with Gasteiger partial charge in [-0.1, -0.05) is 11.6 Å². The molecule has 4 rings (SSSR count). The van der Waals surface area contributed by atoms with Crippen LogP contribution in [0.2, 0.25) is 5.02 Å². The van der Waals surface area contributed by atoms with Crippen LogP contribution in [0.3, 0.4) is 0 Å². The monoisotopic (exact) mass is 329 g/mol. The van der Waals surface area contributed by atoms with Gasteiger partial charge in [0.1, 0.15) is 5.69 Å². The number of aryl methyl sites for hydroxylation is 1. The molecule has 0 unspecified atom stereocenters. The molecule has 3 heterocycles. The van der Waals surface area contributed by atoms with Gasteiger partial charge in [-0.05, 0) is 36.8 Å². The molecule has 0 atom stereocenters. The number of hydrogen-bond donors (Lipinski definition) is 1. The first kappa shape index (κ1) is 14.2. The molecule has 6 heteroatoms. The minimum Gasteiger partial charge on any atom is -0.349 e. The Labute approximate surface area is 136 Å². The molecule has 0 aliphatic carbocycles. The minimum absolute atomic E-state index is 0.0794. The first-order chi connectivity index (χ1) is 11.1. The topological polar surface area (TPSA) is 46.9 Å². The summed E-state index contributed by atoms with van der Waals surface area (Å²) < 4.78 is 15.1. The van der Waals surface area contributed by atoms with Crippen molar-refractivity contribution >= 4 is 28.4 Å². The lowest BCUT2D eigenvalue weighted by Crippen LogP contribution is -2.35. The number of aromatic nitrogens is 2. The van der Waals surface area contributed by atoms with E-state index < -0.39 is 5.95 Å². The first-order valence-electron chi connectivity index (χ1n) is 7.28. The average molecular weight is 330 g/mol. The van der Waals surface area contributed by atoms with Crippen molar-refractivity contribution in [1.29, 1.82) is 0 Å². The third-order valence-corrected chi connectivity index (χ3v) is 4.47. The summed E-state index contributed by atoms with van der Waals surface area (Å²) in [4.78, 5) is 16.0. The Morgan fingerprint density at radius 2 is 2.17 bits per heavy atom. The van der Waals surface area contributed by atoms with Gasteiger partial charge in [-0.15, -0.1) is 0 Å². The van der Waals surface area contributed by atoms with E-state index in [0.717, 1.165) is 27.6 Å². The number of nitrogens with one attached hydrogen (secondary N) is 1. The molecule has 3 aromatic rings. The number of rotatable bonds is 1. The van der Waals surface area contributed by atoms with E-state index in [2.05, 4.69) is 10.3 Å². The molecule has 116 valence electrons. The predicted octanol–water partition coefficient (Wildman–Crippen LogP) is 3.55. The van der Waals surface area contributed by atoms with Crippen LogP contribution in [0.25, 0.3) is 22.0 Å². The predicted molar refractivity (Wildman–Crippen MR) is 87.2 cm³/mol. The standard InChI is InChI=1S/C17H13ClFN3O/c1-9-12-6-11(18)7-13(10-2-3-14(19)21-8-10)16(12)22-5-4-20-17(23)15(9)22/h2-3,6-8H,4-5H2,1H3,(H,20,23). The van der Waals surface area contributed by atoms with E-state index in [9.17, 15) is 9.18 Å². The molecule has 1 aliphatic heterocycles. The minimum atomic E-state index is -0.528. The molecular formula is C17H13ClFN3O. The molecule has 2 aromatic heterocycles. The van der Waals surface area contributed by atoms with Crippen LogP contribution >= 0.6 is 11.6 Å². The number of nitrogens with zero attached hydrogens (tertiary/aromatic N) is 2. The lowest BCUT2D eigenvalue weighted by Gasteiger charge is -2.18. The normalized spacial score (nSPS) is 14.0. The second-order valence-corrected chi connectivity index (χ2v) is 6.04. The van der Waals surface area contributed by atoms with Crippen LogP contribution in [-0.2, 0) is 6.54 Å². The van der Waals surface area contributed by atoms with Crippen molar-refractivity contribution in [3.63, 3.8) is 0 Å². The van der Waals surface area contributed by atoms with Crippen LogP contribution in [0.15, 0.2) is 30.5 Å². The zero-order valence-corrected chi connectivity index (χ0v) is 13.1. The van der Waals surface area contributed by atoms with Gasteiger partial charge >= 0.3 is 0 Å². The molecule has 1 amide bonds. The molecule has 0 bridgehead atoms. The summed E-state index contributed by atoms with van der Waals surface area (Å²) in [5.41, 5.74) is 4.11. The van der Waals surface area contributed by atoms with Gasteiger partial charge in [-0.25, -0.2) is 4.98 Å². The zero-order valence-electron chi connectivity index (χ0n) is 12.4. The Kier molecular flexibility index (Phi) is 3.13. The second-order valence-electron chi connectivity index (χ2n) is 5.60. The Bertz CT molecular complexity index is 947. The van der Waals surface area contributed by atoms with Crippen molar-refractivity contribution in [3.8, 4) is 11.1 Å². The summed E-state index contributed by atoms with van der Waals surface area (Å²) in [6.07, 6.45) is 1.48. The summed E-state index contributed by atoms with van der Waals surface area (Å²) in [5.74, 6) is -0.607. The lowest BCUT2D eigenvalue weighted by atomic mass is 10.0. The largest absolute Gasteiger partial charge is 0.349 e. The molecule has 1 N–H and O–H groups in total. The lowest BCUT2D eigenvalue weighted by molar-refractivity contribution is 0.0928. The highest BCUT2D eigenvalue weighted by Crippen LogP contribution is 2.37. The number of amides is 1. The molecule has 0 fully saturated rings. The van der Waals surface area contributed by atoms with Crippen molar-refractivity contribution in [1.82, 2.24) is 14.9 Å². The van der Waals surface area contributed by atoms with Crippen molar-refractivity contribution in [3.05, 3.63) is 52.7 Å². The maximum atomic E-state index is 13.1. The van der Waals surface area contributed by atoms with Crippen molar-refractivity contribution in [2.75, 3.05) is 6.54 Å². The fourth-order valence-corrected chi connectivity index (χ4v) is 3.47. The quantitative estimate of drug-likeness (QED) is 0.694. The number of fused-ring (bicyclic) bond motifs is 3. The number of carbonyl (C=O) groups excluding carboxylic acids is 1. The van der Waals surface area contributed by atoms with Gasteiger partial charge in [-0.3, -0.25) is 4.79 Å².